The number of carbonyl (C=O) groups excluding carboxylic acids is 2. The van der Waals surface area contributed by atoms with E-state index in [1.165, 1.54) is 29.8 Å². The van der Waals surface area contributed by atoms with Gasteiger partial charge in [0.1, 0.15) is 0 Å². The highest BCUT2D eigenvalue weighted by atomic mass is 16.5. The van der Waals surface area contributed by atoms with Gasteiger partial charge in [0, 0.05) is 16.8 Å². The van der Waals surface area contributed by atoms with E-state index in [0.29, 0.717) is 23.1 Å². The van der Waals surface area contributed by atoms with Gasteiger partial charge in [-0.1, -0.05) is 48.5 Å². The van der Waals surface area contributed by atoms with Crippen LogP contribution in [0, 0.1) is 0 Å². The van der Waals surface area contributed by atoms with Crippen LogP contribution >= 0.6 is 0 Å². The summed E-state index contributed by atoms with van der Waals surface area (Å²) in [5.74, 6) is -1.86. The number of nitrogens with one attached hydrogen (secondary N) is 1. The van der Waals surface area contributed by atoms with Gasteiger partial charge in [0.15, 0.2) is 6.61 Å². The number of aromatic carboxylic acids is 1. The minimum Gasteiger partial charge on any atom is -0.478 e. The van der Waals surface area contributed by atoms with E-state index >= 15 is 0 Å². The number of esters is 1. The second kappa shape index (κ2) is 10.00. The van der Waals surface area contributed by atoms with Crippen LogP contribution in [0.25, 0.3) is 10.9 Å². The molecule has 7 nitrogen and oxygen atoms in total. The van der Waals surface area contributed by atoms with Crippen LogP contribution in [0.1, 0.15) is 49.9 Å². The Kier molecular flexibility index (Phi) is 6.45. The lowest BCUT2D eigenvalue weighted by Crippen LogP contribution is -2.23. The fraction of sp³-hybridized carbons (Fsp3) is 0.172. The second-order valence-corrected chi connectivity index (χ2v) is 8.79. The number of carboxylic acids is 1. The van der Waals surface area contributed by atoms with Gasteiger partial charge in [0.2, 0.25) is 0 Å². The highest BCUT2D eigenvalue weighted by Gasteiger charge is 2.28. The Bertz CT molecular complexity index is 1450. The first kappa shape index (κ1) is 23.2. The van der Waals surface area contributed by atoms with E-state index in [9.17, 15) is 14.4 Å². The quantitative estimate of drug-likeness (QED) is 0.376. The van der Waals surface area contributed by atoms with Crippen molar-refractivity contribution in [3.05, 3.63) is 107 Å². The van der Waals surface area contributed by atoms with Crippen molar-refractivity contribution in [1.29, 1.82) is 0 Å². The minimum absolute atomic E-state index is 0.113. The number of benzene rings is 3. The summed E-state index contributed by atoms with van der Waals surface area (Å²) in [6, 6.07) is 23.5. The average Bonchev–Trinajstić information content (AvgIpc) is 2.91. The van der Waals surface area contributed by atoms with Crippen LogP contribution in [0.3, 0.4) is 0 Å². The molecule has 1 atom stereocenters. The first-order valence-electron chi connectivity index (χ1n) is 11.8. The van der Waals surface area contributed by atoms with E-state index < -0.39 is 24.5 Å². The van der Waals surface area contributed by atoms with Crippen molar-refractivity contribution >= 4 is 34.4 Å². The molecular formula is C29H24N2O5. The Labute approximate surface area is 207 Å². The third-order valence-corrected chi connectivity index (χ3v) is 6.48. The monoisotopic (exact) mass is 480 g/mol. The number of hydrogen-bond donors (Lipinski definition) is 2. The van der Waals surface area contributed by atoms with E-state index in [4.69, 9.17) is 14.8 Å². The average molecular weight is 481 g/mol. The van der Waals surface area contributed by atoms with E-state index in [0.717, 1.165) is 29.6 Å². The van der Waals surface area contributed by atoms with E-state index in [-0.39, 0.29) is 11.5 Å². The summed E-state index contributed by atoms with van der Waals surface area (Å²) in [6.45, 7) is -0.465. The van der Waals surface area contributed by atoms with Crippen LogP contribution in [0.4, 0.5) is 5.69 Å². The van der Waals surface area contributed by atoms with Crippen molar-refractivity contribution in [1.82, 2.24) is 4.98 Å². The number of rotatable bonds is 6. The zero-order valence-corrected chi connectivity index (χ0v) is 19.4. The standard InChI is InChI=1S/C29H24N2O5/c32-26(30-21-13-10-19(11-14-21)28(33)34)17-36-29(35)27-22-8-4-5-9-24(22)31-25-15-12-20(16-23(25)27)18-6-2-1-3-7-18/h1-11,13-14,20H,12,15-17H2,(H,30,32)(H,33,34). The first-order valence-corrected chi connectivity index (χ1v) is 11.8. The third-order valence-electron chi connectivity index (χ3n) is 6.48. The topological polar surface area (TPSA) is 106 Å². The molecule has 0 spiro atoms. The molecule has 1 aliphatic carbocycles. The first-order chi connectivity index (χ1) is 17.5. The summed E-state index contributed by atoms with van der Waals surface area (Å²) in [5.41, 5.74) is 4.73. The van der Waals surface area contributed by atoms with Crippen molar-refractivity contribution in [2.45, 2.75) is 25.2 Å². The summed E-state index contributed by atoms with van der Waals surface area (Å²) >= 11 is 0. The summed E-state index contributed by atoms with van der Waals surface area (Å²) in [6.07, 6.45) is 2.37. The van der Waals surface area contributed by atoms with Crippen molar-refractivity contribution in [2.75, 3.05) is 11.9 Å². The molecule has 1 amide bonds. The van der Waals surface area contributed by atoms with Crippen molar-refractivity contribution in [3.8, 4) is 0 Å². The number of anilines is 1. The fourth-order valence-electron chi connectivity index (χ4n) is 4.73. The van der Waals surface area contributed by atoms with Gasteiger partial charge in [-0.15, -0.1) is 0 Å². The van der Waals surface area contributed by atoms with Crippen molar-refractivity contribution < 1.29 is 24.2 Å². The van der Waals surface area contributed by atoms with Crippen molar-refractivity contribution in [3.63, 3.8) is 0 Å². The fourth-order valence-corrected chi connectivity index (χ4v) is 4.73. The molecule has 2 N–H and O–H groups in total. The molecule has 1 aliphatic rings. The SMILES string of the molecule is O=C(COC(=O)c1c2c(nc3ccccc13)CCC(c1ccccc1)C2)Nc1ccc(C(=O)O)cc1. The Morgan fingerprint density at radius 3 is 2.42 bits per heavy atom. The number of aromatic nitrogens is 1. The number of fused-ring (bicyclic) bond motifs is 2. The second-order valence-electron chi connectivity index (χ2n) is 8.79. The molecule has 0 fully saturated rings. The Balaban J connectivity index is 1.37. The number of amides is 1. The predicted octanol–water partition coefficient (Wildman–Crippen LogP) is 5.00. The number of carbonyl (C=O) groups is 3. The third kappa shape index (κ3) is 4.81. The molecule has 36 heavy (non-hydrogen) atoms. The molecule has 180 valence electrons. The largest absolute Gasteiger partial charge is 0.478 e. The Morgan fingerprint density at radius 2 is 1.67 bits per heavy atom. The summed E-state index contributed by atoms with van der Waals surface area (Å²) in [5, 5.41) is 12.3. The minimum atomic E-state index is -1.05. The maximum Gasteiger partial charge on any atom is 0.339 e. The lowest BCUT2D eigenvalue weighted by Gasteiger charge is -2.26. The van der Waals surface area contributed by atoms with Gasteiger partial charge in [-0.25, -0.2) is 9.59 Å². The highest BCUT2D eigenvalue weighted by Crippen LogP contribution is 2.36. The number of carboxylic acid groups (broad SMARTS) is 1. The summed E-state index contributed by atoms with van der Waals surface area (Å²) in [4.78, 5) is 41.6. The lowest BCUT2D eigenvalue weighted by atomic mass is 9.80. The maximum absolute atomic E-state index is 13.4. The smallest absolute Gasteiger partial charge is 0.339 e. The number of para-hydroxylation sites is 1. The molecule has 1 unspecified atom stereocenters. The Morgan fingerprint density at radius 1 is 0.944 bits per heavy atom. The molecule has 0 radical (unpaired) electrons. The van der Waals surface area contributed by atoms with Gasteiger partial charge in [0.05, 0.1) is 16.6 Å². The van der Waals surface area contributed by atoms with Crippen LogP contribution in [-0.2, 0) is 22.4 Å². The number of ether oxygens (including phenoxy) is 1. The highest BCUT2D eigenvalue weighted by molar-refractivity contribution is 6.06. The zero-order valence-electron chi connectivity index (χ0n) is 19.4. The summed E-state index contributed by atoms with van der Waals surface area (Å²) in [7, 11) is 0. The van der Waals surface area contributed by atoms with Crippen LogP contribution < -0.4 is 5.32 Å². The van der Waals surface area contributed by atoms with Crippen LogP contribution in [0.2, 0.25) is 0 Å². The normalized spacial score (nSPS) is 14.6. The van der Waals surface area contributed by atoms with Gasteiger partial charge >= 0.3 is 11.9 Å². The maximum atomic E-state index is 13.4. The molecule has 1 heterocycles. The number of hydrogen-bond acceptors (Lipinski definition) is 5. The molecular weight excluding hydrogens is 456 g/mol. The molecule has 7 heteroatoms. The molecule has 0 bridgehead atoms. The molecule has 4 aromatic rings. The zero-order chi connectivity index (χ0) is 25.1. The van der Waals surface area contributed by atoms with Crippen LogP contribution in [0.15, 0.2) is 78.9 Å². The van der Waals surface area contributed by atoms with Gasteiger partial charge in [-0.3, -0.25) is 9.78 Å². The molecule has 1 aromatic heterocycles. The number of aryl methyl sites for hydroxylation is 1. The van der Waals surface area contributed by atoms with Gasteiger partial charge in [0.25, 0.3) is 5.91 Å². The summed E-state index contributed by atoms with van der Waals surface area (Å²) < 4.78 is 5.47. The van der Waals surface area contributed by atoms with Gasteiger partial charge in [-0.05, 0) is 66.6 Å². The number of pyridine rings is 1. The van der Waals surface area contributed by atoms with E-state index in [2.05, 4.69) is 17.4 Å². The molecule has 5 rings (SSSR count). The predicted molar refractivity (Wildman–Crippen MR) is 135 cm³/mol. The van der Waals surface area contributed by atoms with Crippen LogP contribution in [-0.4, -0.2) is 34.5 Å². The van der Waals surface area contributed by atoms with E-state index in [1.54, 1.807) is 0 Å². The number of nitrogens with zero attached hydrogens (tertiary/aromatic N) is 1. The molecule has 0 saturated heterocycles. The van der Waals surface area contributed by atoms with E-state index in [1.807, 2.05) is 42.5 Å². The lowest BCUT2D eigenvalue weighted by molar-refractivity contribution is -0.119. The molecule has 3 aromatic carbocycles. The Hall–Kier alpha value is -4.52. The van der Waals surface area contributed by atoms with Crippen LogP contribution in [0.5, 0.6) is 0 Å². The van der Waals surface area contributed by atoms with Gasteiger partial charge in [-0.2, -0.15) is 0 Å². The van der Waals surface area contributed by atoms with Crippen molar-refractivity contribution in [2.24, 2.45) is 0 Å². The molecule has 0 saturated carbocycles. The van der Waals surface area contributed by atoms with Gasteiger partial charge < -0.3 is 15.2 Å². The molecule has 0 aliphatic heterocycles.